The molecule has 1 heterocycles. The predicted octanol–water partition coefficient (Wildman–Crippen LogP) is 3.78. The minimum atomic E-state index is -0.0513. The molecule has 0 amide bonds. The van der Waals surface area contributed by atoms with E-state index in [-0.39, 0.29) is 5.60 Å². The summed E-state index contributed by atoms with van der Waals surface area (Å²) < 4.78 is 5.60. The first-order chi connectivity index (χ1) is 10.2. The summed E-state index contributed by atoms with van der Waals surface area (Å²) >= 11 is 6.11. The van der Waals surface area contributed by atoms with Crippen LogP contribution >= 0.6 is 11.6 Å². The zero-order valence-electron chi connectivity index (χ0n) is 12.0. The van der Waals surface area contributed by atoms with E-state index < -0.39 is 0 Å². The molecule has 1 N–H and O–H groups in total. The number of methoxy groups -OCH3 is 1. The zero-order valence-corrected chi connectivity index (χ0v) is 12.7. The average Bonchev–Trinajstić information content (AvgIpc) is 2.47. The van der Waals surface area contributed by atoms with Crippen molar-refractivity contribution in [1.82, 2.24) is 9.97 Å². The van der Waals surface area contributed by atoms with Crippen molar-refractivity contribution in [3.8, 4) is 11.4 Å². The number of hydrogen-bond acceptors (Lipinski definition) is 4. The number of halogens is 1. The largest absolute Gasteiger partial charge is 0.376 e. The topological polar surface area (TPSA) is 47.0 Å². The Morgan fingerprint density at radius 3 is 2.62 bits per heavy atom. The van der Waals surface area contributed by atoms with Crippen LogP contribution in [0.2, 0.25) is 5.15 Å². The second-order valence-electron chi connectivity index (χ2n) is 5.36. The molecule has 1 aromatic heterocycles. The minimum Gasteiger partial charge on any atom is -0.376 e. The monoisotopic (exact) mass is 303 g/mol. The lowest BCUT2D eigenvalue weighted by molar-refractivity contribution is -0.0601. The molecule has 1 aliphatic rings. The molecular formula is C16H18ClN3O. The van der Waals surface area contributed by atoms with E-state index in [4.69, 9.17) is 16.3 Å². The van der Waals surface area contributed by atoms with Crippen LogP contribution in [0, 0.1) is 0 Å². The summed E-state index contributed by atoms with van der Waals surface area (Å²) in [7, 11) is 1.77. The first-order valence-corrected chi connectivity index (χ1v) is 7.48. The van der Waals surface area contributed by atoms with Crippen molar-refractivity contribution in [1.29, 1.82) is 0 Å². The van der Waals surface area contributed by atoms with Crippen molar-refractivity contribution in [2.24, 2.45) is 0 Å². The fourth-order valence-electron chi connectivity index (χ4n) is 2.50. The quantitative estimate of drug-likeness (QED) is 0.854. The molecule has 3 rings (SSSR count). The van der Waals surface area contributed by atoms with Gasteiger partial charge in [-0.2, -0.15) is 0 Å². The molecule has 0 radical (unpaired) electrons. The first kappa shape index (κ1) is 14.3. The number of benzene rings is 1. The van der Waals surface area contributed by atoms with Crippen molar-refractivity contribution in [2.45, 2.75) is 24.9 Å². The molecule has 0 saturated heterocycles. The van der Waals surface area contributed by atoms with Gasteiger partial charge in [-0.1, -0.05) is 41.9 Å². The van der Waals surface area contributed by atoms with Crippen LogP contribution in [0.15, 0.2) is 36.4 Å². The normalized spacial score (nSPS) is 16.3. The third-order valence-electron chi connectivity index (χ3n) is 4.02. The standard InChI is InChI=1S/C16H18ClN3O/c1-21-16(8-5-9-16)11-18-14-10-13(17)19-15(20-14)12-6-3-2-4-7-12/h2-4,6-7,10H,5,8-9,11H2,1H3,(H,18,19,20). The van der Waals surface area contributed by atoms with Crippen LogP contribution in [0.1, 0.15) is 19.3 Å². The number of anilines is 1. The number of aromatic nitrogens is 2. The maximum absolute atomic E-state index is 6.11. The molecule has 1 fully saturated rings. The SMILES string of the molecule is COC1(CNc2cc(Cl)nc(-c3ccccc3)n2)CCC1. The van der Waals surface area contributed by atoms with Gasteiger partial charge in [0.25, 0.3) is 0 Å². The van der Waals surface area contributed by atoms with Gasteiger partial charge in [-0.3, -0.25) is 0 Å². The fraction of sp³-hybridized carbons (Fsp3) is 0.375. The molecule has 4 nitrogen and oxygen atoms in total. The van der Waals surface area contributed by atoms with E-state index in [1.165, 1.54) is 6.42 Å². The van der Waals surface area contributed by atoms with E-state index in [2.05, 4.69) is 15.3 Å². The lowest BCUT2D eigenvalue weighted by Gasteiger charge is -2.40. The van der Waals surface area contributed by atoms with E-state index in [1.54, 1.807) is 13.2 Å². The smallest absolute Gasteiger partial charge is 0.163 e. The van der Waals surface area contributed by atoms with Crippen molar-refractivity contribution in [3.05, 3.63) is 41.6 Å². The molecule has 1 aliphatic carbocycles. The summed E-state index contributed by atoms with van der Waals surface area (Å²) in [6.07, 6.45) is 3.39. The Hall–Kier alpha value is -1.65. The first-order valence-electron chi connectivity index (χ1n) is 7.10. The second-order valence-corrected chi connectivity index (χ2v) is 5.75. The van der Waals surface area contributed by atoms with E-state index >= 15 is 0 Å². The van der Waals surface area contributed by atoms with E-state index in [1.807, 2.05) is 30.3 Å². The van der Waals surface area contributed by atoms with Crippen molar-refractivity contribution in [3.63, 3.8) is 0 Å². The van der Waals surface area contributed by atoms with Gasteiger partial charge in [0.2, 0.25) is 0 Å². The third-order valence-corrected chi connectivity index (χ3v) is 4.21. The summed E-state index contributed by atoms with van der Waals surface area (Å²) in [5.74, 6) is 1.36. The Balaban J connectivity index is 1.78. The van der Waals surface area contributed by atoms with E-state index in [9.17, 15) is 0 Å². The molecule has 1 saturated carbocycles. The van der Waals surface area contributed by atoms with Gasteiger partial charge in [0.15, 0.2) is 5.82 Å². The number of nitrogens with zero attached hydrogens (tertiary/aromatic N) is 2. The number of ether oxygens (including phenoxy) is 1. The van der Waals surface area contributed by atoms with Gasteiger partial charge in [0.1, 0.15) is 11.0 Å². The second kappa shape index (κ2) is 6.00. The predicted molar refractivity (Wildman–Crippen MR) is 84.6 cm³/mol. The Morgan fingerprint density at radius 1 is 1.24 bits per heavy atom. The van der Waals surface area contributed by atoms with Crippen LogP contribution in [-0.2, 0) is 4.74 Å². The highest BCUT2D eigenvalue weighted by Crippen LogP contribution is 2.35. The number of hydrogen-bond donors (Lipinski definition) is 1. The van der Waals surface area contributed by atoms with Crippen molar-refractivity contribution >= 4 is 17.4 Å². The molecule has 110 valence electrons. The highest BCUT2D eigenvalue weighted by Gasteiger charge is 2.36. The highest BCUT2D eigenvalue weighted by molar-refractivity contribution is 6.29. The van der Waals surface area contributed by atoms with Crippen LogP contribution in [0.4, 0.5) is 5.82 Å². The molecule has 2 aromatic rings. The molecule has 0 unspecified atom stereocenters. The number of nitrogens with one attached hydrogen (secondary N) is 1. The van der Waals surface area contributed by atoms with Gasteiger partial charge in [-0.05, 0) is 19.3 Å². The van der Waals surface area contributed by atoms with Gasteiger partial charge < -0.3 is 10.1 Å². The van der Waals surface area contributed by atoms with Gasteiger partial charge in [0.05, 0.1) is 5.60 Å². The Morgan fingerprint density at radius 2 is 2.00 bits per heavy atom. The van der Waals surface area contributed by atoms with Crippen molar-refractivity contribution in [2.75, 3.05) is 19.0 Å². The molecular weight excluding hydrogens is 286 g/mol. The van der Waals surface area contributed by atoms with Crippen LogP contribution in [0.5, 0.6) is 0 Å². The van der Waals surface area contributed by atoms with Gasteiger partial charge in [-0.15, -0.1) is 0 Å². The molecule has 5 heteroatoms. The minimum absolute atomic E-state index is 0.0513. The Kier molecular flexibility index (Phi) is 4.08. The molecule has 1 aromatic carbocycles. The Bertz CT molecular complexity index is 609. The van der Waals surface area contributed by atoms with Crippen LogP contribution in [0.25, 0.3) is 11.4 Å². The van der Waals surface area contributed by atoms with Gasteiger partial charge in [-0.25, -0.2) is 9.97 Å². The zero-order chi connectivity index (χ0) is 14.7. The van der Waals surface area contributed by atoms with Crippen LogP contribution in [0.3, 0.4) is 0 Å². The van der Waals surface area contributed by atoms with Crippen molar-refractivity contribution < 1.29 is 4.74 Å². The average molecular weight is 304 g/mol. The molecule has 0 spiro atoms. The molecule has 0 bridgehead atoms. The van der Waals surface area contributed by atoms with Crippen LogP contribution < -0.4 is 5.32 Å². The summed E-state index contributed by atoms with van der Waals surface area (Å²) in [6, 6.07) is 11.6. The molecule has 0 atom stereocenters. The number of rotatable bonds is 5. The summed E-state index contributed by atoms with van der Waals surface area (Å²) in [4.78, 5) is 8.82. The Labute approximate surface area is 129 Å². The lowest BCUT2D eigenvalue weighted by atomic mass is 9.80. The highest BCUT2D eigenvalue weighted by atomic mass is 35.5. The summed E-state index contributed by atoms with van der Waals surface area (Å²) in [6.45, 7) is 0.741. The van der Waals surface area contributed by atoms with Crippen LogP contribution in [-0.4, -0.2) is 29.2 Å². The van der Waals surface area contributed by atoms with Gasteiger partial charge in [0, 0.05) is 25.3 Å². The summed E-state index contributed by atoms with van der Waals surface area (Å²) in [5.41, 5.74) is 0.901. The maximum Gasteiger partial charge on any atom is 0.163 e. The maximum atomic E-state index is 6.11. The fourth-order valence-corrected chi connectivity index (χ4v) is 2.68. The molecule has 0 aliphatic heterocycles. The third kappa shape index (κ3) is 3.17. The van der Waals surface area contributed by atoms with E-state index in [0.717, 1.165) is 30.8 Å². The summed E-state index contributed by atoms with van der Waals surface area (Å²) in [5, 5.41) is 3.77. The lowest BCUT2D eigenvalue weighted by Crippen LogP contribution is -2.45. The molecule has 21 heavy (non-hydrogen) atoms. The van der Waals surface area contributed by atoms with Gasteiger partial charge >= 0.3 is 0 Å². The van der Waals surface area contributed by atoms with E-state index in [0.29, 0.717) is 11.0 Å².